The number of benzene rings is 1. The van der Waals surface area contributed by atoms with Crippen LogP contribution >= 0.6 is 0 Å². The zero-order valence-corrected chi connectivity index (χ0v) is 10.4. The third-order valence-corrected chi connectivity index (χ3v) is 2.45. The van der Waals surface area contributed by atoms with Gasteiger partial charge in [0.1, 0.15) is 12.3 Å². The van der Waals surface area contributed by atoms with Crippen LogP contribution in [0.25, 0.3) is 11.3 Å². The molecule has 1 heterocycles. The zero-order valence-electron chi connectivity index (χ0n) is 10.4. The Bertz CT molecular complexity index is 635. The molecule has 2 rings (SSSR count). The Hall–Kier alpha value is -2.83. The maximum absolute atomic E-state index is 10.6. The van der Waals surface area contributed by atoms with Crippen molar-refractivity contribution in [3.05, 3.63) is 36.5 Å². The van der Waals surface area contributed by atoms with E-state index in [0.717, 1.165) is 0 Å². The topological polar surface area (TPSA) is 102 Å². The van der Waals surface area contributed by atoms with Gasteiger partial charge in [-0.2, -0.15) is 5.10 Å². The monoisotopic (exact) mass is 276 g/mol. The number of carbonyl (C=O) groups is 2. The van der Waals surface area contributed by atoms with Gasteiger partial charge in [0.15, 0.2) is 6.61 Å². The van der Waals surface area contributed by atoms with E-state index in [-0.39, 0.29) is 6.54 Å². The van der Waals surface area contributed by atoms with Crippen LogP contribution in [0.15, 0.2) is 36.5 Å². The highest BCUT2D eigenvalue weighted by molar-refractivity contribution is 5.71. The van der Waals surface area contributed by atoms with E-state index >= 15 is 0 Å². The lowest BCUT2D eigenvalue weighted by atomic mass is 10.1. The second-order valence-electron chi connectivity index (χ2n) is 3.97. The van der Waals surface area contributed by atoms with Gasteiger partial charge in [0, 0.05) is 11.8 Å². The summed E-state index contributed by atoms with van der Waals surface area (Å²) in [6, 6.07) is 8.49. The predicted molar refractivity (Wildman–Crippen MR) is 68.4 cm³/mol. The molecule has 0 bridgehead atoms. The summed E-state index contributed by atoms with van der Waals surface area (Å²) in [7, 11) is 0. The summed E-state index contributed by atoms with van der Waals surface area (Å²) in [6.07, 6.45) is 1.54. The fraction of sp³-hybridized carbons (Fsp3) is 0.154. The van der Waals surface area contributed by atoms with Gasteiger partial charge in [-0.05, 0) is 18.2 Å². The van der Waals surface area contributed by atoms with Crippen LogP contribution in [0.1, 0.15) is 0 Å². The summed E-state index contributed by atoms with van der Waals surface area (Å²) in [6.45, 7) is -0.689. The van der Waals surface area contributed by atoms with Crippen LogP contribution in [0.2, 0.25) is 0 Å². The van der Waals surface area contributed by atoms with Crippen LogP contribution in [0.3, 0.4) is 0 Å². The second-order valence-corrected chi connectivity index (χ2v) is 3.97. The van der Waals surface area contributed by atoms with Gasteiger partial charge in [-0.1, -0.05) is 12.1 Å². The van der Waals surface area contributed by atoms with Gasteiger partial charge < -0.3 is 14.9 Å². The first-order chi connectivity index (χ1) is 9.56. The quantitative estimate of drug-likeness (QED) is 0.819. The molecule has 0 aliphatic carbocycles. The Kier molecular flexibility index (Phi) is 3.99. The fourth-order valence-electron chi connectivity index (χ4n) is 1.68. The van der Waals surface area contributed by atoms with E-state index in [1.807, 2.05) is 0 Å². The summed E-state index contributed by atoms with van der Waals surface area (Å²) in [5.74, 6) is -1.68. The molecule has 0 unspecified atom stereocenters. The number of ether oxygens (including phenoxy) is 1. The molecule has 0 saturated carbocycles. The van der Waals surface area contributed by atoms with Crippen molar-refractivity contribution in [1.29, 1.82) is 0 Å². The molecule has 7 nitrogen and oxygen atoms in total. The lowest BCUT2D eigenvalue weighted by molar-refractivity contribution is -0.139. The Morgan fingerprint density at radius 1 is 1.15 bits per heavy atom. The molecule has 1 aromatic heterocycles. The minimum absolute atomic E-state index is 0.238. The van der Waals surface area contributed by atoms with Crippen molar-refractivity contribution in [1.82, 2.24) is 9.78 Å². The molecule has 0 saturated heterocycles. The third kappa shape index (κ3) is 3.35. The third-order valence-electron chi connectivity index (χ3n) is 2.45. The zero-order chi connectivity index (χ0) is 14.5. The van der Waals surface area contributed by atoms with Crippen molar-refractivity contribution >= 4 is 11.9 Å². The number of aliphatic carboxylic acids is 2. The van der Waals surface area contributed by atoms with Crippen molar-refractivity contribution in [2.45, 2.75) is 6.54 Å². The van der Waals surface area contributed by atoms with Crippen molar-refractivity contribution in [2.75, 3.05) is 6.61 Å². The molecule has 2 N–H and O–H groups in total. The highest BCUT2D eigenvalue weighted by Gasteiger charge is 2.11. The first-order valence-corrected chi connectivity index (χ1v) is 5.75. The molecule has 0 aliphatic rings. The molecular weight excluding hydrogens is 264 g/mol. The average Bonchev–Trinajstić information content (AvgIpc) is 2.84. The lowest BCUT2D eigenvalue weighted by Gasteiger charge is -2.07. The first-order valence-electron chi connectivity index (χ1n) is 5.75. The summed E-state index contributed by atoms with van der Waals surface area (Å²) in [5, 5.41) is 21.4. The van der Waals surface area contributed by atoms with Crippen LogP contribution in [-0.4, -0.2) is 38.5 Å². The van der Waals surface area contributed by atoms with Gasteiger partial charge in [0.25, 0.3) is 0 Å². The number of hydrogen-bond acceptors (Lipinski definition) is 4. The van der Waals surface area contributed by atoms with E-state index in [2.05, 4.69) is 5.10 Å². The molecule has 2 aromatic rings. The maximum Gasteiger partial charge on any atom is 0.341 e. The minimum Gasteiger partial charge on any atom is -0.481 e. The SMILES string of the molecule is O=C(O)COc1ccccc1-c1ccn(CC(=O)O)n1. The van der Waals surface area contributed by atoms with Gasteiger partial charge in [-0.15, -0.1) is 0 Å². The number of rotatable bonds is 6. The Labute approximate surface area is 114 Å². The van der Waals surface area contributed by atoms with E-state index in [1.165, 1.54) is 10.9 Å². The van der Waals surface area contributed by atoms with Gasteiger partial charge in [0.2, 0.25) is 0 Å². The number of nitrogens with zero attached hydrogens (tertiary/aromatic N) is 2. The maximum atomic E-state index is 10.6. The van der Waals surface area contributed by atoms with Crippen LogP contribution < -0.4 is 4.74 Å². The molecule has 7 heteroatoms. The van der Waals surface area contributed by atoms with Crippen molar-refractivity contribution in [3.8, 4) is 17.0 Å². The summed E-state index contributed by atoms with van der Waals surface area (Å²) >= 11 is 0. The molecule has 0 aliphatic heterocycles. The Morgan fingerprint density at radius 3 is 2.60 bits per heavy atom. The normalized spacial score (nSPS) is 10.2. The molecule has 0 atom stereocenters. The largest absolute Gasteiger partial charge is 0.481 e. The predicted octanol–water partition coefficient (Wildman–Crippen LogP) is 1.10. The van der Waals surface area contributed by atoms with Crippen molar-refractivity contribution < 1.29 is 24.5 Å². The van der Waals surface area contributed by atoms with E-state index in [0.29, 0.717) is 17.0 Å². The number of aromatic nitrogens is 2. The molecule has 104 valence electrons. The van der Waals surface area contributed by atoms with Crippen LogP contribution in [-0.2, 0) is 16.1 Å². The van der Waals surface area contributed by atoms with Crippen LogP contribution in [0.4, 0.5) is 0 Å². The Morgan fingerprint density at radius 2 is 1.90 bits per heavy atom. The molecule has 0 spiro atoms. The standard InChI is InChI=1S/C13H12N2O5/c16-12(17)7-15-6-5-10(14-15)9-3-1-2-4-11(9)20-8-13(18)19/h1-6H,7-8H2,(H,16,17)(H,18,19). The molecule has 1 aromatic carbocycles. The molecule has 0 radical (unpaired) electrons. The molecular formula is C13H12N2O5. The summed E-state index contributed by atoms with van der Waals surface area (Å²) in [5.41, 5.74) is 1.13. The lowest BCUT2D eigenvalue weighted by Crippen LogP contribution is -2.10. The van der Waals surface area contributed by atoms with E-state index in [9.17, 15) is 9.59 Å². The minimum atomic E-state index is -1.07. The van der Waals surface area contributed by atoms with E-state index < -0.39 is 18.5 Å². The van der Waals surface area contributed by atoms with Gasteiger partial charge in [-0.25, -0.2) is 4.79 Å². The van der Waals surface area contributed by atoms with E-state index in [4.69, 9.17) is 14.9 Å². The van der Waals surface area contributed by atoms with Gasteiger partial charge >= 0.3 is 11.9 Å². The van der Waals surface area contributed by atoms with Crippen LogP contribution in [0, 0.1) is 0 Å². The fourth-order valence-corrected chi connectivity index (χ4v) is 1.68. The highest BCUT2D eigenvalue weighted by atomic mass is 16.5. The highest BCUT2D eigenvalue weighted by Crippen LogP contribution is 2.28. The molecule has 20 heavy (non-hydrogen) atoms. The van der Waals surface area contributed by atoms with Crippen molar-refractivity contribution in [3.63, 3.8) is 0 Å². The number of hydrogen-bond donors (Lipinski definition) is 2. The van der Waals surface area contributed by atoms with E-state index in [1.54, 1.807) is 30.3 Å². The van der Waals surface area contributed by atoms with Crippen molar-refractivity contribution in [2.24, 2.45) is 0 Å². The number of para-hydroxylation sites is 1. The van der Waals surface area contributed by atoms with Gasteiger partial charge in [0.05, 0.1) is 5.69 Å². The Balaban J connectivity index is 2.25. The molecule has 0 amide bonds. The summed E-state index contributed by atoms with van der Waals surface area (Å²) < 4.78 is 6.46. The second kappa shape index (κ2) is 5.87. The smallest absolute Gasteiger partial charge is 0.341 e. The van der Waals surface area contributed by atoms with Gasteiger partial charge in [-0.3, -0.25) is 9.48 Å². The first kappa shape index (κ1) is 13.6. The number of carboxylic acids is 2. The van der Waals surface area contributed by atoms with Crippen LogP contribution in [0.5, 0.6) is 5.75 Å². The average molecular weight is 276 g/mol. The summed E-state index contributed by atoms with van der Waals surface area (Å²) in [4.78, 5) is 21.1. The number of carboxylic acid groups (broad SMARTS) is 2. The molecule has 0 fully saturated rings.